The number of imidazole rings is 1. The molecule has 29 heavy (non-hydrogen) atoms. The third kappa shape index (κ3) is 3.16. The molecule has 5 rings (SSSR count). The predicted octanol–water partition coefficient (Wildman–Crippen LogP) is 4.10. The van der Waals surface area contributed by atoms with E-state index in [1.165, 1.54) is 12.1 Å². The Labute approximate surface area is 172 Å². The van der Waals surface area contributed by atoms with E-state index in [0.29, 0.717) is 37.9 Å². The Bertz CT molecular complexity index is 1060. The second kappa shape index (κ2) is 7.17. The summed E-state index contributed by atoms with van der Waals surface area (Å²) in [6.45, 7) is 2.50. The van der Waals surface area contributed by atoms with E-state index in [0.717, 1.165) is 28.3 Å². The molecule has 8 heteroatoms. The molecule has 1 saturated heterocycles. The van der Waals surface area contributed by atoms with Crippen molar-refractivity contribution < 1.29 is 13.9 Å². The molecular formula is C21H18ClFN4O2. The van der Waals surface area contributed by atoms with E-state index in [4.69, 9.17) is 16.3 Å². The smallest absolute Gasteiger partial charge is 0.325 e. The minimum Gasteiger partial charge on any atom is -0.378 e. The quantitative estimate of drug-likeness (QED) is 0.604. The first-order valence-electron chi connectivity index (χ1n) is 9.38. The van der Waals surface area contributed by atoms with Gasteiger partial charge in [0.2, 0.25) is 0 Å². The Hall–Kier alpha value is -2.90. The number of nitrogens with zero attached hydrogens (tertiary/aromatic N) is 4. The van der Waals surface area contributed by atoms with Crippen LogP contribution < -0.4 is 4.90 Å². The van der Waals surface area contributed by atoms with Gasteiger partial charge in [0.05, 0.1) is 42.5 Å². The molecule has 2 aromatic carbocycles. The van der Waals surface area contributed by atoms with Crippen LogP contribution in [0.25, 0.3) is 16.9 Å². The summed E-state index contributed by atoms with van der Waals surface area (Å²) in [7, 11) is 0. The number of fused-ring (bicyclic) bond motifs is 3. The number of aromatic nitrogens is 2. The van der Waals surface area contributed by atoms with Crippen molar-refractivity contribution in [1.29, 1.82) is 0 Å². The van der Waals surface area contributed by atoms with Crippen LogP contribution in [0.4, 0.5) is 14.9 Å². The van der Waals surface area contributed by atoms with E-state index >= 15 is 0 Å². The lowest BCUT2D eigenvalue weighted by molar-refractivity contribution is 0.0547. The fraction of sp³-hybridized carbons (Fsp3) is 0.238. The number of urea groups is 1. The molecular weight excluding hydrogens is 395 g/mol. The van der Waals surface area contributed by atoms with Crippen LogP contribution in [0.15, 0.2) is 48.8 Å². The largest absolute Gasteiger partial charge is 0.378 e. The maximum atomic E-state index is 13.4. The van der Waals surface area contributed by atoms with Crippen LogP contribution in [-0.2, 0) is 11.3 Å². The lowest BCUT2D eigenvalue weighted by Crippen LogP contribution is -2.49. The summed E-state index contributed by atoms with van der Waals surface area (Å²) in [4.78, 5) is 21.4. The first-order valence-corrected chi connectivity index (χ1v) is 9.76. The topological polar surface area (TPSA) is 50.6 Å². The van der Waals surface area contributed by atoms with Gasteiger partial charge in [-0.3, -0.25) is 9.47 Å². The fourth-order valence-corrected chi connectivity index (χ4v) is 4.00. The van der Waals surface area contributed by atoms with Crippen molar-refractivity contribution in [3.8, 4) is 16.9 Å². The van der Waals surface area contributed by atoms with Crippen LogP contribution in [0.5, 0.6) is 0 Å². The number of ether oxygens (including phenoxy) is 1. The zero-order chi connectivity index (χ0) is 20.0. The molecule has 1 aromatic heterocycles. The summed E-state index contributed by atoms with van der Waals surface area (Å²) >= 11 is 6.24. The van der Waals surface area contributed by atoms with E-state index in [9.17, 15) is 9.18 Å². The van der Waals surface area contributed by atoms with Gasteiger partial charge in [0.15, 0.2) is 0 Å². The Morgan fingerprint density at radius 1 is 1.07 bits per heavy atom. The number of hydrogen-bond donors (Lipinski definition) is 0. The molecule has 2 aliphatic heterocycles. The second-order valence-electron chi connectivity index (χ2n) is 7.02. The number of halogens is 2. The van der Waals surface area contributed by atoms with Gasteiger partial charge in [-0.25, -0.2) is 14.2 Å². The molecule has 3 aromatic rings. The average molecular weight is 413 g/mol. The molecule has 0 spiro atoms. The van der Waals surface area contributed by atoms with Gasteiger partial charge in [0, 0.05) is 23.7 Å². The van der Waals surface area contributed by atoms with E-state index in [2.05, 4.69) is 4.98 Å². The van der Waals surface area contributed by atoms with Crippen molar-refractivity contribution in [1.82, 2.24) is 14.5 Å². The minimum atomic E-state index is -0.300. The van der Waals surface area contributed by atoms with Crippen LogP contribution in [0.1, 0.15) is 5.69 Å². The first-order chi connectivity index (χ1) is 14.1. The molecule has 0 N–H and O–H groups in total. The number of carbonyl (C=O) groups is 1. The molecule has 148 valence electrons. The van der Waals surface area contributed by atoms with Crippen molar-refractivity contribution in [2.45, 2.75) is 6.54 Å². The summed E-state index contributed by atoms with van der Waals surface area (Å²) in [5.41, 5.74) is 3.97. The summed E-state index contributed by atoms with van der Waals surface area (Å²) in [6.07, 6.45) is 1.73. The Morgan fingerprint density at radius 2 is 1.83 bits per heavy atom. The van der Waals surface area contributed by atoms with Crippen molar-refractivity contribution in [3.63, 3.8) is 0 Å². The van der Waals surface area contributed by atoms with Crippen molar-refractivity contribution in [2.75, 3.05) is 31.2 Å². The van der Waals surface area contributed by atoms with Crippen molar-refractivity contribution in [2.24, 2.45) is 0 Å². The summed E-state index contributed by atoms with van der Waals surface area (Å²) in [5.74, 6) is -0.300. The normalized spacial score (nSPS) is 15.8. The monoisotopic (exact) mass is 412 g/mol. The van der Waals surface area contributed by atoms with Gasteiger partial charge in [-0.05, 0) is 42.5 Å². The van der Waals surface area contributed by atoms with Gasteiger partial charge in [0.1, 0.15) is 12.1 Å². The van der Waals surface area contributed by atoms with Gasteiger partial charge >= 0.3 is 6.03 Å². The lowest BCUT2D eigenvalue weighted by Gasteiger charge is -2.36. The van der Waals surface area contributed by atoms with Gasteiger partial charge in [-0.1, -0.05) is 11.6 Å². The highest BCUT2D eigenvalue weighted by Gasteiger charge is 2.32. The SMILES string of the molecule is O=C(N1CCOCC1)N1Cc2c(-c3ccc(F)cc3)ncn2-c2ccc(Cl)cc21. The highest BCUT2D eigenvalue weighted by atomic mass is 35.5. The molecule has 0 radical (unpaired) electrons. The van der Waals surface area contributed by atoms with E-state index in [-0.39, 0.29) is 11.8 Å². The van der Waals surface area contributed by atoms with E-state index < -0.39 is 0 Å². The van der Waals surface area contributed by atoms with Crippen LogP contribution in [0.2, 0.25) is 5.02 Å². The van der Waals surface area contributed by atoms with Crippen LogP contribution >= 0.6 is 11.6 Å². The first kappa shape index (κ1) is 18.1. The Balaban J connectivity index is 1.60. The number of amides is 2. The van der Waals surface area contributed by atoms with Gasteiger partial charge in [-0.2, -0.15) is 0 Å². The third-order valence-electron chi connectivity index (χ3n) is 5.29. The van der Waals surface area contributed by atoms with Crippen LogP contribution in [0.3, 0.4) is 0 Å². The molecule has 0 bridgehead atoms. The highest BCUT2D eigenvalue weighted by molar-refractivity contribution is 6.31. The van der Waals surface area contributed by atoms with Gasteiger partial charge in [-0.15, -0.1) is 0 Å². The van der Waals surface area contributed by atoms with E-state index in [1.54, 1.807) is 40.4 Å². The number of hydrogen-bond acceptors (Lipinski definition) is 3. The van der Waals surface area contributed by atoms with Crippen LogP contribution in [-0.4, -0.2) is 46.8 Å². The number of anilines is 1. The van der Waals surface area contributed by atoms with E-state index in [1.807, 2.05) is 10.6 Å². The standard InChI is InChI=1S/C21H18ClFN4O2/c22-15-3-6-17-18(11-15)26(21(28)25-7-9-29-10-8-25)12-19-20(24-13-27(17)19)14-1-4-16(23)5-2-14/h1-6,11,13H,7-10,12H2. The molecule has 2 amide bonds. The molecule has 0 atom stereocenters. The van der Waals surface area contributed by atoms with Crippen molar-refractivity contribution in [3.05, 3.63) is 65.3 Å². The fourth-order valence-electron chi connectivity index (χ4n) is 3.83. The Kier molecular flexibility index (Phi) is 4.49. The molecule has 6 nitrogen and oxygen atoms in total. The summed E-state index contributed by atoms with van der Waals surface area (Å²) in [6, 6.07) is 11.6. The number of rotatable bonds is 1. The van der Waals surface area contributed by atoms with Gasteiger partial charge < -0.3 is 9.64 Å². The highest BCUT2D eigenvalue weighted by Crippen LogP contribution is 2.38. The Morgan fingerprint density at radius 3 is 2.59 bits per heavy atom. The maximum absolute atomic E-state index is 13.4. The molecule has 3 heterocycles. The zero-order valence-electron chi connectivity index (χ0n) is 15.5. The molecule has 1 fully saturated rings. The zero-order valence-corrected chi connectivity index (χ0v) is 16.3. The van der Waals surface area contributed by atoms with Crippen LogP contribution in [0, 0.1) is 5.82 Å². The summed E-state index contributed by atoms with van der Waals surface area (Å²) in [5, 5.41) is 0.561. The minimum absolute atomic E-state index is 0.0886. The maximum Gasteiger partial charge on any atom is 0.325 e. The molecule has 2 aliphatic rings. The number of morpholine rings is 1. The average Bonchev–Trinajstić information content (AvgIpc) is 3.17. The molecule has 0 aliphatic carbocycles. The van der Waals surface area contributed by atoms with Crippen molar-refractivity contribution >= 4 is 23.3 Å². The summed E-state index contributed by atoms with van der Waals surface area (Å²) < 4.78 is 20.7. The second-order valence-corrected chi connectivity index (χ2v) is 7.45. The van der Waals surface area contributed by atoms with Gasteiger partial charge in [0.25, 0.3) is 0 Å². The predicted molar refractivity (Wildman–Crippen MR) is 108 cm³/mol. The lowest BCUT2D eigenvalue weighted by atomic mass is 10.1. The third-order valence-corrected chi connectivity index (χ3v) is 5.53. The molecule has 0 unspecified atom stereocenters. The molecule has 0 saturated carbocycles. The number of benzene rings is 2. The number of carbonyl (C=O) groups excluding carboxylic acids is 1.